The van der Waals surface area contributed by atoms with Crippen molar-refractivity contribution in [3.05, 3.63) is 47.0 Å². The molecule has 1 rings (SSSR count). The molecule has 0 unspecified atom stereocenters. The van der Waals surface area contributed by atoms with Crippen molar-refractivity contribution in [2.24, 2.45) is 0 Å². The standard InChI is InChI=1S/C13H9NO2/c14-10-13-9-11(3-1-7-15)5-6-12(13)4-2-8-16/h1-2,5-6,9H,3-4H2. The second-order valence-corrected chi connectivity index (χ2v) is 3.16. The summed E-state index contributed by atoms with van der Waals surface area (Å²) >= 11 is 0. The van der Waals surface area contributed by atoms with Crippen LogP contribution in [-0.2, 0) is 22.4 Å². The number of allylic oxidation sites excluding steroid dienone is 2. The van der Waals surface area contributed by atoms with Crippen LogP contribution in [-0.4, -0.2) is 11.9 Å². The number of hydrogen-bond donors (Lipinski definition) is 0. The number of nitrogens with zero attached hydrogens (tertiary/aromatic N) is 1. The van der Waals surface area contributed by atoms with E-state index in [1.807, 2.05) is 6.07 Å². The first kappa shape index (κ1) is 11.7. The second-order valence-electron chi connectivity index (χ2n) is 3.16. The number of nitriles is 1. The van der Waals surface area contributed by atoms with Crippen molar-refractivity contribution in [1.29, 1.82) is 5.26 Å². The van der Waals surface area contributed by atoms with Crippen molar-refractivity contribution in [1.82, 2.24) is 0 Å². The van der Waals surface area contributed by atoms with E-state index in [0.717, 1.165) is 11.1 Å². The number of rotatable bonds is 4. The quantitative estimate of drug-likeness (QED) is 0.707. The lowest BCUT2D eigenvalue weighted by molar-refractivity contribution is 0.567. The van der Waals surface area contributed by atoms with Gasteiger partial charge in [-0.1, -0.05) is 12.1 Å². The minimum Gasteiger partial charge on any atom is -0.234 e. The molecule has 3 nitrogen and oxygen atoms in total. The van der Waals surface area contributed by atoms with Crippen LogP contribution in [0.15, 0.2) is 30.4 Å². The monoisotopic (exact) mass is 211 g/mol. The van der Waals surface area contributed by atoms with Gasteiger partial charge in [0.15, 0.2) is 0 Å². The van der Waals surface area contributed by atoms with Crippen molar-refractivity contribution in [3.8, 4) is 6.07 Å². The van der Waals surface area contributed by atoms with Crippen LogP contribution in [0.25, 0.3) is 0 Å². The van der Waals surface area contributed by atoms with E-state index in [9.17, 15) is 9.59 Å². The van der Waals surface area contributed by atoms with E-state index in [4.69, 9.17) is 5.26 Å². The zero-order valence-electron chi connectivity index (χ0n) is 8.56. The van der Waals surface area contributed by atoms with Gasteiger partial charge in [-0.2, -0.15) is 5.26 Å². The Morgan fingerprint density at radius 1 is 1.12 bits per heavy atom. The van der Waals surface area contributed by atoms with Gasteiger partial charge in [0.2, 0.25) is 0 Å². The van der Waals surface area contributed by atoms with Crippen molar-refractivity contribution >= 4 is 11.9 Å². The third kappa shape index (κ3) is 3.08. The summed E-state index contributed by atoms with van der Waals surface area (Å²) in [6.07, 6.45) is 3.56. The molecule has 0 atom stereocenters. The lowest BCUT2D eigenvalue weighted by Crippen LogP contribution is -1.91. The highest BCUT2D eigenvalue weighted by atomic mass is 16.1. The van der Waals surface area contributed by atoms with Gasteiger partial charge in [0.05, 0.1) is 11.6 Å². The summed E-state index contributed by atoms with van der Waals surface area (Å²) in [7, 11) is 0. The molecule has 0 aliphatic heterocycles. The molecular weight excluding hydrogens is 202 g/mol. The Labute approximate surface area is 93.3 Å². The Morgan fingerprint density at radius 2 is 1.81 bits per heavy atom. The molecule has 78 valence electrons. The third-order valence-corrected chi connectivity index (χ3v) is 2.12. The van der Waals surface area contributed by atoms with Crippen molar-refractivity contribution in [2.75, 3.05) is 0 Å². The van der Waals surface area contributed by atoms with E-state index in [1.54, 1.807) is 24.0 Å². The molecule has 0 saturated carbocycles. The summed E-state index contributed by atoms with van der Waals surface area (Å²) < 4.78 is 0. The predicted octanol–water partition coefficient (Wildman–Crippen LogP) is 1.42. The average molecular weight is 211 g/mol. The highest BCUT2D eigenvalue weighted by Crippen LogP contribution is 2.12. The summed E-state index contributed by atoms with van der Waals surface area (Å²) in [4.78, 5) is 20.1. The highest BCUT2D eigenvalue weighted by Gasteiger charge is 2.01. The number of carbonyl (C=O) groups excluding carboxylic acids is 2. The SMILES string of the molecule is N#Cc1cc(CC=C=O)ccc1CC=C=O. The Bertz CT molecular complexity index is 513. The smallest absolute Gasteiger partial charge is 0.120 e. The summed E-state index contributed by atoms with van der Waals surface area (Å²) in [5, 5.41) is 8.92. The second kappa shape index (κ2) is 6.16. The van der Waals surface area contributed by atoms with E-state index in [1.165, 1.54) is 12.2 Å². The molecule has 0 aliphatic rings. The first-order valence-corrected chi connectivity index (χ1v) is 4.72. The Hall–Kier alpha value is -2.39. The van der Waals surface area contributed by atoms with Crippen LogP contribution >= 0.6 is 0 Å². The summed E-state index contributed by atoms with van der Waals surface area (Å²) in [5.41, 5.74) is 2.17. The molecule has 0 spiro atoms. The van der Waals surface area contributed by atoms with Crippen molar-refractivity contribution in [3.63, 3.8) is 0 Å². The largest absolute Gasteiger partial charge is 0.234 e. The lowest BCUT2D eigenvalue weighted by atomic mass is 10.0. The zero-order chi connectivity index (χ0) is 11.8. The molecule has 0 heterocycles. The highest BCUT2D eigenvalue weighted by molar-refractivity contribution is 5.50. The van der Waals surface area contributed by atoms with Crippen molar-refractivity contribution in [2.45, 2.75) is 12.8 Å². The Balaban J connectivity index is 3.02. The maximum absolute atomic E-state index is 10.1. The lowest BCUT2D eigenvalue weighted by Gasteiger charge is -2.02. The molecule has 0 amide bonds. The fraction of sp³-hybridized carbons (Fsp3) is 0.154. The molecule has 0 saturated heterocycles. The molecule has 1 aromatic carbocycles. The molecule has 16 heavy (non-hydrogen) atoms. The van der Waals surface area contributed by atoms with Crippen molar-refractivity contribution < 1.29 is 9.59 Å². The minimum atomic E-state index is 0.399. The van der Waals surface area contributed by atoms with E-state index in [2.05, 4.69) is 6.07 Å². The molecule has 0 aliphatic carbocycles. The molecule has 0 bridgehead atoms. The van der Waals surface area contributed by atoms with Crippen LogP contribution in [0.3, 0.4) is 0 Å². The van der Waals surface area contributed by atoms with Gasteiger partial charge in [0.25, 0.3) is 0 Å². The van der Waals surface area contributed by atoms with Crippen LogP contribution in [0.1, 0.15) is 16.7 Å². The number of benzene rings is 1. The molecule has 0 aromatic heterocycles. The normalized spacial score (nSPS) is 8.44. The first-order valence-electron chi connectivity index (χ1n) is 4.72. The number of hydrogen-bond acceptors (Lipinski definition) is 3. The van der Waals surface area contributed by atoms with Crippen LogP contribution in [0.2, 0.25) is 0 Å². The summed E-state index contributed by atoms with van der Waals surface area (Å²) in [5.74, 6) is 3.36. The van der Waals surface area contributed by atoms with E-state index in [-0.39, 0.29) is 0 Å². The molecular formula is C13H9NO2. The molecule has 0 fully saturated rings. The first-order chi connectivity index (χ1) is 7.81. The summed E-state index contributed by atoms with van der Waals surface area (Å²) in [6, 6.07) is 7.37. The topological polar surface area (TPSA) is 57.9 Å². The van der Waals surface area contributed by atoms with Crippen LogP contribution in [0, 0.1) is 11.3 Å². The van der Waals surface area contributed by atoms with Gasteiger partial charge in [0, 0.05) is 25.0 Å². The van der Waals surface area contributed by atoms with Gasteiger partial charge in [-0.3, -0.25) is 0 Å². The van der Waals surface area contributed by atoms with E-state index in [0.29, 0.717) is 18.4 Å². The van der Waals surface area contributed by atoms with Gasteiger partial charge in [-0.15, -0.1) is 0 Å². The van der Waals surface area contributed by atoms with Crippen LogP contribution < -0.4 is 0 Å². The van der Waals surface area contributed by atoms with Crippen LogP contribution in [0.4, 0.5) is 0 Å². The molecule has 3 heteroatoms. The predicted molar refractivity (Wildman–Crippen MR) is 59.1 cm³/mol. The molecule has 0 N–H and O–H groups in total. The summed E-state index contributed by atoms with van der Waals surface area (Å²) in [6.45, 7) is 0. The third-order valence-electron chi connectivity index (χ3n) is 2.12. The molecule has 1 aromatic rings. The van der Waals surface area contributed by atoms with E-state index >= 15 is 0 Å². The van der Waals surface area contributed by atoms with Crippen LogP contribution in [0.5, 0.6) is 0 Å². The zero-order valence-corrected chi connectivity index (χ0v) is 8.56. The maximum Gasteiger partial charge on any atom is 0.120 e. The minimum absolute atomic E-state index is 0.399. The average Bonchev–Trinajstić information content (AvgIpc) is 2.34. The van der Waals surface area contributed by atoms with Gasteiger partial charge in [-0.25, -0.2) is 9.59 Å². The maximum atomic E-state index is 10.1. The van der Waals surface area contributed by atoms with Gasteiger partial charge in [0.1, 0.15) is 11.9 Å². The van der Waals surface area contributed by atoms with Gasteiger partial charge < -0.3 is 0 Å². The van der Waals surface area contributed by atoms with Gasteiger partial charge in [-0.05, 0) is 17.2 Å². The fourth-order valence-corrected chi connectivity index (χ4v) is 1.34. The fourth-order valence-electron chi connectivity index (χ4n) is 1.34. The van der Waals surface area contributed by atoms with E-state index < -0.39 is 0 Å². The van der Waals surface area contributed by atoms with Gasteiger partial charge >= 0.3 is 0 Å². The Kier molecular flexibility index (Phi) is 4.50. The molecule has 0 radical (unpaired) electrons. The Morgan fingerprint density at radius 3 is 2.44 bits per heavy atom.